The highest BCUT2D eigenvalue weighted by Gasteiger charge is 2.30. The maximum Gasteiger partial charge on any atom is 0.243 e. The van der Waals surface area contributed by atoms with Crippen molar-refractivity contribution in [2.24, 2.45) is 0 Å². The van der Waals surface area contributed by atoms with E-state index >= 15 is 0 Å². The van der Waals surface area contributed by atoms with Crippen LogP contribution in [0, 0.1) is 0 Å². The number of methoxy groups -OCH3 is 1. The summed E-state index contributed by atoms with van der Waals surface area (Å²) in [5.41, 5.74) is 1.94. The first-order chi connectivity index (χ1) is 18.5. The molecule has 0 aliphatic heterocycles. The van der Waals surface area contributed by atoms with Gasteiger partial charge in [-0.05, 0) is 66.1 Å². The zero-order chi connectivity index (χ0) is 27.2. The smallest absolute Gasteiger partial charge is 0.243 e. The van der Waals surface area contributed by atoms with Crippen LogP contribution >= 0.6 is 23.4 Å². The molecule has 202 valence electrons. The summed E-state index contributed by atoms with van der Waals surface area (Å²) in [5, 5.41) is 3.78. The van der Waals surface area contributed by atoms with Gasteiger partial charge in [0.05, 0.1) is 7.11 Å². The molecule has 0 radical (unpaired) electrons. The van der Waals surface area contributed by atoms with Crippen molar-refractivity contribution in [3.63, 3.8) is 0 Å². The topological polar surface area (TPSA) is 58.6 Å². The van der Waals surface area contributed by atoms with Crippen LogP contribution in [0.25, 0.3) is 0 Å². The number of hydrogen-bond acceptors (Lipinski definition) is 4. The van der Waals surface area contributed by atoms with Crippen LogP contribution in [-0.4, -0.2) is 42.2 Å². The SMILES string of the molecule is CCCCNC(=O)[C@H](Cc1ccccc1)N(Cc1cccc(OC)c1)C(=O)CCCSc1ccc(Cl)cc1. The van der Waals surface area contributed by atoms with Crippen molar-refractivity contribution in [3.8, 4) is 5.75 Å². The lowest BCUT2D eigenvalue weighted by molar-refractivity contribution is -0.141. The number of thioether (sulfide) groups is 1. The van der Waals surface area contributed by atoms with Crippen LogP contribution in [0.5, 0.6) is 5.75 Å². The molecule has 0 unspecified atom stereocenters. The minimum absolute atomic E-state index is 0.0314. The Morgan fingerprint density at radius 3 is 2.42 bits per heavy atom. The molecular weight excluding hydrogens is 516 g/mol. The van der Waals surface area contributed by atoms with Gasteiger partial charge >= 0.3 is 0 Å². The van der Waals surface area contributed by atoms with Crippen molar-refractivity contribution in [1.29, 1.82) is 0 Å². The Hall–Kier alpha value is -2.96. The van der Waals surface area contributed by atoms with Crippen LogP contribution in [0.3, 0.4) is 0 Å². The maximum absolute atomic E-state index is 13.7. The minimum atomic E-state index is -0.614. The third-order valence-electron chi connectivity index (χ3n) is 6.21. The van der Waals surface area contributed by atoms with E-state index in [2.05, 4.69) is 12.2 Å². The van der Waals surface area contributed by atoms with Crippen LogP contribution in [0.15, 0.2) is 83.8 Å². The van der Waals surface area contributed by atoms with E-state index in [1.165, 1.54) is 0 Å². The van der Waals surface area contributed by atoms with E-state index in [1.807, 2.05) is 78.9 Å². The number of carbonyl (C=O) groups excluding carboxylic acids is 2. The molecule has 0 heterocycles. The molecule has 3 aromatic carbocycles. The van der Waals surface area contributed by atoms with Gasteiger partial charge < -0.3 is 15.0 Å². The number of carbonyl (C=O) groups is 2. The molecule has 1 N–H and O–H groups in total. The quantitative estimate of drug-likeness (QED) is 0.167. The molecule has 3 rings (SSSR count). The average Bonchev–Trinajstić information content (AvgIpc) is 2.94. The number of benzene rings is 3. The second-order valence-corrected chi connectivity index (χ2v) is 10.7. The summed E-state index contributed by atoms with van der Waals surface area (Å²) in [6, 6.07) is 24.7. The number of nitrogens with zero attached hydrogens (tertiary/aromatic N) is 1. The molecule has 3 aromatic rings. The van der Waals surface area contributed by atoms with E-state index < -0.39 is 6.04 Å². The molecule has 0 saturated heterocycles. The van der Waals surface area contributed by atoms with Crippen molar-refractivity contribution < 1.29 is 14.3 Å². The van der Waals surface area contributed by atoms with Gasteiger partial charge in [0.1, 0.15) is 11.8 Å². The van der Waals surface area contributed by atoms with Gasteiger partial charge in [-0.3, -0.25) is 9.59 Å². The predicted molar refractivity (Wildman–Crippen MR) is 157 cm³/mol. The minimum Gasteiger partial charge on any atom is -0.497 e. The van der Waals surface area contributed by atoms with E-state index in [0.717, 1.165) is 40.4 Å². The fraction of sp³-hybridized carbons (Fsp3) is 0.355. The Kier molecular flexibility index (Phi) is 12.5. The van der Waals surface area contributed by atoms with Crippen molar-refractivity contribution in [1.82, 2.24) is 10.2 Å². The molecule has 38 heavy (non-hydrogen) atoms. The van der Waals surface area contributed by atoms with Crippen LogP contribution in [0.4, 0.5) is 0 Å². The Morgan fingerprint density at radius 2 is 1.71 bits per heavy atom. The van der Waals surface area contributed by atoms with Crippen LogP contribution in [0.1, 0.15) is 43.7 Å². The molecule has 0 fully saturated rings. The summed E-state index contributed by atoms with van der Waals surface area (Å²) in [7, 11) is 1.62. The van der Waals surface area contributed by atoms with Crippen molar-refractivity contribution >= 4 is 35.2 Å². The zero-order valence-corrected chi connectivity index (χ0v) is 23.8. The number of ether oxygens (including phenoxy) is 1. The van der Waals surface area contributed by atoms with E-state index in [9.17, 15) is 9.59 Å². The highest BCUT2D eigenvalue weighted by Crippen LogP contribution is 2.23. The molecule has 7 heteroatoms. The van der Waals surface area contributed by atoms with Crippen molar-refractivity contribution in [2.45, 2.75) is 56.5 Å². The monoisotopic (exact) mass is 552 g/mol. The van der Waals surface area contributed by atoms with Crippen LogP contribution in [0.2, 0.25) is 5.02 Å². The van der Waals surface area contributed by atoms with Crippen LogP contribution in [-0.2, 0) is 22.6 Å². The highest BCUT2D eigenvalue weighted by molar-refractivity contribution is 7.99. The fourth-order valence-electron chi connectivity index (χ4n) is 4.12. The summed E-state index contributed by atoms with van der Waals surface area (Å²) in [4.78, 5) is 30.1. The summed E-state index contributed by atoms with van der Waals surface area (Å²) < 4.78 is 5.40. The molecule has 2 amide bonds. The molecule has 0 aromatic heterocycles. The van der Waals surface area contributed by atoms with Crippen molar-refractivity contribution in [2.75, 3.05) is 19.4 Å². The molecule has 0 bridgehead atoms. The van der Waals surface area contributed by atoms with Crippen LogP contribution < -0.4 is 10.1 Å². The maximum atomic E-state index is 13.7. The largest absolute Gasteiger partial charge is 0.497 e. The Bertz CT molecular complexity index is 1140. The molecule has 0 spiro atoms. The Labute approximate surface area is 235 Å². The van der Waals surface area contributed by atoms with Gasteiger partial charge in [0.25, 0.3) is 0 Å². The standard InChI is InChI=1S/C31H37ClN2O3S/c1-3-4-19-33-31(36)29(22-24-10-6-5-7-11-24)34(23-25-12-8-13-27(21-25)37-2)30(35)14-9-20-38-28-17-15-26(32)16-18-28/h5-8,10-13,15-18,21,29H,3-4,9,14,19-20,22-23H2,1-2H3,(H,33,36)/t29-/m0/s1. The molecule has 5 nitrogen and oxygen atoms in total. The normalized spacial score (nSPS) is 11.6. The Balaban J connectivity index is 1.79. The summed E-state index contributed by atoms with van der Waals surface area (Å²) in [5.74, 6) is 1.37. The number of amides is 2. The first-order valence-corrected chi connectivity index (χ1v) is 14.5. The first-order valence-electron chi connectivity index (χ1n) is 13.1. The number of nitrogens with one attached hydrogen (secondary N) is 1. The number of halogens is 1. The summed E-state index contributed by atoms with van der Waals surface area (Å²) in [6.45, 7) is 3.02. The third kappa shape index (κ3) is 9.73. The Morgan fingerprint density at radius 1 is 0.974 bits per heavy atom. The molecule has 1 atom stereocenters. The molecule has 0 aliphatic rings. The number of rotatable bonds is 15. The van der Waals surface area contributed by atoms with Crippen molar-refractivity contribution in [3.05, 3.63) is 95.0 Å². The number of unbranched alkanes of at least 4 members (excludes halogenated alkanes) is 1. The van der Waals surface area contributed by atoms with E-state index in [1.54, 1.807) is 23.8 Å². The average molecular weight is 553 g/mol. The van der Waals surface area contributed by atoms with E-state index in [-0.39, 0.29) is 11.8 Å². The van der Waals surface area contributed by atoms with Gasteiger partial charge in [-0.15, -0.1) is 11.8 Å². The summed E-state index contributed by atoms with van der Waals surface area (Å²) in [6.07, 6.45) is 3.40. The van der Waals surface area contributed by atoms with Gasteiger partial charge in [-0.25, -0.2) is 0 Å². The third-order valence-corrected chi connectivity index (χ3v) is 7.56. The van der Waals surface area contributed by atoms with Gasteiger partial charge in [-0.1, -0.05) is 67.4 Å². The second-order valence-electron chi connectivity index (χ2n) is 9.13. The van der Waals surface area contributed by atoms with Gasteiger partial charge in [-0.2, -0.15) is 0 Å². The lowest BCUT2D eigenvalue weighted by Crippen LogP contribution is -2.50. The van der Waals surface area contributed by atoms with Gasteiger partial charge in [0.2, 0.25) is 11.8 Å². The number of hydrogen-bond donors (Lipinski definition) is 1. The molecule has 0 aliphatic carbocycles. The lowest BCUT2D eigenvalue weighted by Gasteiger charge is -2.32. The predicted octanol–water partition coefficient (Wildman–Crippen LogP) is 6.78. The molecular formula is C31H37ClN2O3S. The van der Waals surface area contributed by atoms with Gasteiger partial charge in [0.15, 0.2) is 0 Å². The van der Waals surface area contributed by atoms with Gasteiger partial charge in [0, 0.05) is 35.8 Å². The highest BCUT2D eigenvalue weighted by atomic mass is 35.5. The lowest BCUT2D eigenvalue weighted by atomic mass is 10.0. The summed E-state index contributed by atoms with van der Waals surface area (Å²) >= 11 is 7.69. The first kappa shape index (κ1) is 29.6. The molecule has 0 saturated carbocycles. The van der Waals surface area contributed by atoms with E-state index in [4.69, 9.17) is 16.3 Å². The second kappa shape index (κ2) is 16.1. The van der Waals surface area contributed by atoms with E-state index in [0.29, 0.717) is 37.4 Å². The zero-order valence-electron chi connectivity index (χ0n) is 22.2. The fourth-order valence-corrected chi connectivity index (χ4v) is 5.09.